The molecule has 0 atom stereocenters. The topological polar surface area (TPSA) is 106 Å². The van der Waals surface area contributed by atoms with Crippen LogP contribution in [0, 0.1) is 0 Å². The fraction of sp³-hybridized carbons (Fsp3) is 0.381. The number of carbonyl (C=O) groups is 2. The molecule has 11 heteroatoms. The molecule has 0 aliphatic heterocycles. The average Bonchev–Trinajstić information content (AvgIpc) is 2.70. The molecule has 0 spiro atoms. The Morgan fingerprint density at radius 2 is 1.62 bits per heavy atom. The number of pyridine rings is 1. The van der Waals surface area contributed by atoms with Gasteiger partial charge in [-0.1, -0.05) is 12.1 Å². The SMILES string of the molecule is CC(C)N(C(=O)c1cc(NC(=O)c2ccccc2S(=O)(=O)C(F)F)c(=O)n(C)c1)C(C)C. The number of hydrogen-bond acceptors (Lipinski definition) is 5. The lowest BCUT2D eigenvalue weighted by molar-refractivity contribution is 0.0642. The zero-order valence-electron chi connectivity index (χ0n) is 18.3. The van der Waals surface area contributed by atoms with Crippen molar-refractivity contribution >= 4 is 27.3 Å². The molecule has 0 aliphatic carbocycles. The number of amides is 2. The van der Waals surface area contributed by atoms with Crippen molar-refractivity contribution in [2.45, 2.75) is 50.4 Å². The van der Waals surface area contributed by atoms with E-state index in [1.54, 1.807) is 4.90 Å². The number of aromatic nitrogens is 1. The first kappa shape index (κ1) is 25.2. The van der Waals surface area contributed by atoms with Crippen LogP contribution in [0.15, 0.2) is 46.2 Å². The molecule has 0 radical (unpaired) electrons. The minimum Gasteiger partial charge on any atom is -0.334 e. The third-order valence-electron chi connectivity index (χ3n) is 4.70. The number of nitrogens with zero attached hydrogens (tertiary/aromatic N) is 2. The van der Waals surface area contributed by atoms with Crippen LogP contribution in [0.2, 0.25) is 0 Å². The highest BCUT2D eigenvalue weighted by Gasteiger charge is 2.31. The molecule has 0 saturated carbocycles. The van der Waals surface area contributed by atoms with E-state index in [2.05, 4.69) is 5.32 Å². The lowest BCUT2D eigenvalue weighted by Gasteiger charge is -2.31. The van der Waals surface area contributed by atoms with E-state index in [1.807, 2.05) is 27.7 Å². The zero-order chi connectivity index (χ0) is 24.4. The normalized spacial score (nSPS) is 11.8. The molecular formula is C21H25F2N3O5S. The Labute approximate surface area is 184 Å². The summed E-state index contributed by atoms with van der Waals surface area (Å²) < 4.78 is 51.0. The van der Waals surface area contributed by atoms with Crippen molar-refractivity contribution in [3.8, 4) is 0 Å². The summed E-state index contributed by atoms with van der Waals surface area (Å²) in [5.41, 5.74) is -1.37. The first-order chi connectivity index (χ1) is 14.8. The van der Waals surface area contributed by atoms with Crippen LogP contribution in [0.3, 0.4) is 0 Å². The summed E-state index contributed by atoms with van der Waals surface area (Å²) in [6.45, 7) is 7.34. The monoisotopic (exact) mass is 469 g/mol. The van der Waals surface area contributed by atoms with Crippen LogP contribution in [0.4, 0.5) is 14.5 Å². The standard InChI is InChI=1S/C21H25F2N3O5S/c1-12(2)26(13(3)4)19(28)14-10-16(20(29)25(5)11-14)24-18(27)15-8-6-7-9-17(15)32(30,31)21(22)23/h6-13,21H,1-5H3,(H,24,27). The van der Waals surface area contributed by atoms with Gasteiger partial charge in [0.15, 0.2) is 0 Å². The summed E-state index contributed by atoms with van der Waals surface area (Å²) in [6.07, 6.45) is 1.33. The summed E-state index contributed by atoms with van der Waals surface area (Å²) in [4.78, 5) is 39.0. The molecule has 0 aliphatic rings. The van der Waals surface area contributed by atoms with Crippen LogP contribution in [-0.2, 0) is 16.9 Å². The van der Waals surface area contributed by atoms with Crippen LogP contribution in [0.1, 0.15) is 48.4 Å². The summed E-state index contributed by atoms with van der Waals surface area (Å²) in [6, 6.07) is 5.37. The minimum atomic E-state index is -5.05. The molecule has 0 saturated heterocycles. The van der Waals surface area contributed by atoms with Crippen molar-refractivity contribution in [3.05, 3.63) is 58.0 Å². The van der Waals surface area contributed by atoms with Gasteiger partial charge in [-0.3, -0.25) is 14.4 Å². The highest BCUT2D eigenvalue weighted by molar-refractivity contribution is 7.91. The smallest absolute Gasteiger partial charge is 0.334 e. The summed E-state index contributed by atoms with van der Waals surface area (Å²) in [5.74, 6) is -5.17. The lowest BCUT2D eigenvalue weighted by Crippen LogP contribution is -2.42. The molecular weight excluding hydrogens is 444 g/mol. The number of sulfone groups is 1. The second kappa shape index (κ2) is 9.60. The fourth-order valence-electron chi connectivity index (χ4n) is 3.32. The maximum atomic E-state index is 13.0. The second-order valence-corrected chi connectivity index (χ2v) is 9.60. The van der Waals surface area contributed by atoms with Crippen LogP contribution in [0.25, 0.3) is 0 Å². The number of alkyl halides is 2. The molecule has 1 N–H and O–H groups in total. The molecule has 1 aromatic carbocycles. The van der Waals surface area contributed by atoms with Crippen molar-refractivity contribution in [1.29, 1.82) is 0 Å². The average molecular weight is 470 g/mol. The molecule has 1 heterocycles. The molecule has 0 bridgehead atoms. The summed E-state index contributed by atoms with van der Waals surface area (Å²) in [7, 11) is -3.67. The van der Waals surface area contributed by atoms with Gasteiger partial charge >= 0.3 is 5.76 Å². The zero-order valence-corrected chi connectivity index (χ0v) is 19.1. The van der Waals surface area contributed by atoms with Gasteiger partial charge in [0.05, 0.1) is 16.0 Å². The van der Waals surface area contributed by atoms with Crippen LogP contribution < -0.4 is 10.9 Å². The predicted molar refractivity (Wildman–Crippen MR) is 116 cm³/mol. The number of benzene rings is 1. The maximum Gasteiger partial charge on any atom is 0.341 e. The second-order valence-electron chi connectivity index (χ2n) is 7.71. The van der Waals surface area contributed by atoms with E-state index in [1.165, 1.54) is 31.4 Å². The number of carbonyl (C=O) groups excluding carboxylic acids is 2. The molecule has 0 fully saturated rings. The Hall–Kier alpha value is -3.08. The number of halogens is 2. The van der Waals surface area contributed by atoms with Crippen LogP contribution in [-0.4, -0.2) is 47.5 Å². The summed E-state index contributed by atoms with van der Waals surface area (Å²) >= 11 is 0. The third-order valence-corrected chi connectivity index (χ3v) is 6.14. The lowest BCUT2D eigenvalue weighted by atomic mass is 10.1. The van der Waals surface area contributed by atoms with Crippen molar-refractivity contribution in [2.24, 2.45) is 7.05 Å². The van der Waals surface area contributed by atoms with E-state index in [0.29, 0.717) is 0 Å². The fourth-order valence-corrected chi connectivity index (χ4v) is 4.25. The largest absolute Gasteiger partial charge is 0.341 e. The van der Waals surface area contributed by atoms with Crippen molar-refractivity contribution in [2.75, 3.05) is 5.32 Å². The van der Waals surface area contributed by atoms with Crippen LogP contribution in [0.5, 0.6) is 0 Å². The number of anilines is 1. The number of aryl methyl sites for hydroxylation is 1. The van der Waals surface area contributed by atoms with E-state index in [-0.39, 0.29) is 29.2 Å². The molecule has 8 nitrogen and oxygen atoms in total. The molecule has 2 rings (SSSR count). The highest BCUT2D eigenvalue weighted by atomic mass is 32.2. The predicted octanol–water partition coefficient (Wildman–Crippen LogP) is 2.89. The first-order valence-corrected chi connectivity index (χ1v) is 11.3. The quantitative estimate of drug-likeness (QED) is 0.671. The Bertz CT molecular complexity index is 1180. The molecule has 1 aromatic heterocycles. The van der Waals surface area contributed by atoms with Crippen molar-refractivity contribution in [3.63, 3.8) is 0 Å². The Morgan fingerprint density at radius 3 is 2.16 bits per heavy atom. The molecule has 32 heavy (non-hydrogen) atoms. The number of rotatable bonds is 7. The maximum absolute atomic E-state index is 13.0. The molecule has 174 valence electrons. The number of nitrogens with one attached hydrogen (secondary N) is 1. The Balaban J connectivity index is 2.51. The van der Waals surface area contributed by atoms with Gasteiger partial charge < -0.3 is 14.8 Å². The first-order valence-electron chi connectivity index (χ1n) is 9.74. The number of hydrogen-bond donors (Lipinski definition) is 1. The van der Waals surface area contributed by atoms with Gasteiger partial charge in [-0.2, -0.15) is 8.78 Å². The van der Waals surface area contributed by atoms with Crippen molar-refractivity contribution in [1.82, 2.24) is 9.47 Å². The van der Waals surface area contributed by atoms with Gasteiger partial charge in [-0.05, 0) is 45.9 Å². The van der Waals surface area contributed by atoms with Gasteiger partial charge in [0.1, 0.15) is 5.69 Å². The Morgan fingerprint density at radius 1 is 1.06 bits per heavy atom. The van der Waals surface area contributed by atoms with E-state index < -0.39 is 37.5 Å². The van der Waals surface area contributed by atoms with Crippen molar-refractivity contribution < 1.29 is 26.8 Å². The highest BCUT2D eigenvalue weighted by Crippen LogP contribution is 2.23. The molecule has 2 aromatic rings. The summed E-state index contributed by atoms with van der Waals surface area (Å²) in [5, 5.41) is 2.26. The Kier molecular flexibility index (Phi) is 7.55. The van der Waals surface area contributed by atoms with Gasteiger partial charge in [-0.15, -0.1) is 0 Å². The third kappa shape index (κ3) is 5.04. The minimum absolute atomic E-state index is 0.123. The van der Waals surface area contributed by atoms with Gasteiger partial charge in [0.25, 0.3) is 17.4 Å². The van der Waals surface area contributed by atoms with Gasteiger partial charge in [0.2, 0.25) is 9.84 Å². The van der Waals surface area contributed by atoms with E-state index in [9.17, 15) is 31.6 Å². The van der Waals surface area contributed by atoms with E-state index in [0.717, 1.165) is 16.7 Å². The van der Waals surface area contributed by atoms with E-state index in [4.69, 9.17) is 0 Å². The van der Waals surface area contributed by atoms with Crippen LogP contribution >= 0.6 is 0 Å². The molecule has 2 amide bonds. The molecule has 0 unspecified atom stereocenters. The van der Waals surface area contributed by atoms with Gasteiger partial charge in [-0.25, -0.2) is 8.42 Å². The van der Waals surface area contributed by atoms with Gasteiger partial charge in [0, 0.05) is 25.3 Å². The van der Waals surface area contributed by atoms with E-state index >= 15 is 0 Å².